The van der Waals surface area contributed by atoms with Crippen LogP contribution in [0, 0.1) is 0 Å². The second-order valence-electron chi connectivity index (χ2n) is 21.0. The molecule has 1 saturated heterocycles. The molecule has 8 heteroatoms. The lowest BCUT2D eigenvalue weighted by Crippen LogP contribution is -2.36. The lowest BCUT2D eigenvalue weighted by molar-refractivity contribution is 0.123. The summed E-state index contributed by atoms with van der Waals surface area (Å²) >= 11 is 0. The monoisotopic (exact) mass is 919 g/mol. The first-order chi connectivity index (χ1) is 33.8. The van der Waals surface area contributed by atoms with Gasteiger partial charge in [-0.05, 0) is 113 Å². The molecule has 0 spiro atoms. The number of aromatic nitrogens is 2. The molecule has 1 aliphatic heterocycles. The van der Waals surface area contributed by atoms with E-state index in [1.165, 1.54) is 9.13 Å². The van der Waals surface area contributed by atoms with Crippen LogP contribution in [0.2, 0.25) is 0 Å². The topological polar surface area (TPSA) is 90.6 Å². The van der Waals surface area contributed by atoms with Crippen molar-refractivity contribution in [2.24, 2.45) is 0 Å². The highest BCUT2D eigenvalue weighted by Gasteiger charge is 2.32. The van der Waals surface area contributed by atoms with Crippen LogP contribution < -0.4 is 27.1 Å². The van der Waals surface area contributed by atoms with E-state index >= 15 is 19.2 Å². The van der Waals surface area contributed by atoms with Gasteiger partial charge in [0.25, 0.3) is 22.2 Å². The summed E-state index contributed by atoms with van der Waals surface area (Å²) in [6.07, 6.45) is 0. The summed E-state index contributed by atoms with van der Waals surface area (Å²) in [6.45, 7) is 19.3. The number of morpholine rings is 1. The molecule has 0 N–H and O–H groups in total. The summed E-state index contributed by atoms with van der Waals surface area (Å²) in [4.78, 5) is 63.2. The van der Waals surface area contributed by atoms with Gasteiger partial charge >= 0.3 is 0 Å². The number of hydrogen-bond acceptors (Lipinski definition) is 6. The van der Waals surface area contributed by atoms with Gasteiger partial charge in [0.05, 0.1) is 30.3 Å². The van der Waals surface area contributed by atoms with Crippen LogP contribution in [0.1, 0.15) is 101 Å². The van der Waals surface area contributed by atoms with Crippen molar-refractivity contribution in [3.63, 3.8) is 0 Å². The number of fused-ring (bicyclic) bond motifs is 4. The fourth-order valence-electron chi connectivity index (χ4n) is 12.8. The van der Waals surface area contributed by atoms with Gasteiger partial charge < -0.3 is 9.64 Å². The Bertz CT molecular complexity index is 4050. The largest absolute Gasteiger partial charge is 0.378 e. The number of pyridine rings is 2. The van der Waals surface area contributed by atoms with Crippen molar-refractivity contribution >= 4 is 103 Å². The zero-order valence-electron chi connectivity index (χ0n) is 40.8. The van der Waals surface area contributed by atoms with Crippen molar-refractivity contribution in [2.45, 2.75) is 79.1 Å². The number of anilines is 1. The van der Waals surface area contributed by atoms with E-state index < -0.39 is 0 Å². The van der Waals surface area contributed by atoms with Gasteiger partial charge in [0.1, 0.15) is 0 Å². The summed E-state index contributed by atoms with van der Waals surface area (Å²) < 4.78 is 8.90. The Morgan fingerprint density at radius 2 is 0.614 bits per heavy atom. The zero-order chi connectivity index (χ0) is 48.3. The molecule has 12 aromatic rings. The Morgan fingerprint density at radius 1 is 0.329 bits per heavy atom. The van der Waals surface area contributed by atoms with E-state index in [0.29, 0.717) is 70.0 Å². The maximum absolute atomic E-state index is 15.2. The molecule has 0 unspecified atom stereocenters. The summed E-state index contributed by atoms with van der Waals surface area (Å²) in [5.41, 5.74) is 5.08. The first-order valence-corrected chi connectivity index (χ1v) is 25.0. The van der Waals surface area contributed by atoms with Crippen LogP contribution >= 0.6 is 0 Å². The molecule has 0 bridgehead atoms. The van der Waals surface area contributed by atoms with E-state index in [9.17, 15) is 0 Å². The molecule has 0 radical (unpaired) electrons. The van der Waals surface area contributed by atoms with Gasteiger partial charge in [-0.25, -0.2) is 9.13 Å². The van der Waals surface area contributed by atoms with Crippen molar-refractivity contribution in [1.82, 2.24) is 9.13 Å². The van der Waals surface area contributed by atoms with Crippen LogP contribution in [0.4, 0.5) is 5.69 Å². The summed E-state index contributed by atoms with van der Waals surface area (Å²) in [5.74, 6) is 0.341. The maximum Gasteiger partial charge on any atom is 0.266 e. The number of hydrogen-bond donors (Lipinski definition) is 0. The lowest BCUT2D eigenvalue weighted by atomic mass is 9.89. The van der Waals surface area contributed by atoms with E-state index in [2.05, 4.69) is 103 Å². The van der Waals surface area contributed by atoms with E-state index in [0.717, 1.165) is 92.6 Å². The van der Waals surface area contributed by atoms with E-state index in [4.69, 9.17) is 4.74 Å². The van der Waals surface area contributed by atoms with Gasteiger partial charge in [-0.1, -0.05) is 134 Å². The van der Waals surface area contributed by atoms with Crippen molar-refractivity contribution in [1.29, 1.82) is 0 Å². The minimum atomic E-state index is -0.312. The lowest BCUT2D eigenvalue weighted by Gasteiger charge is -2.30. The molecule has 346 valence electrons. The average molecular weight is 920 g/mol. The van der Waals surface area contributed by atoms with Crippen molar-refractivity contribution < 1.29 is 4.74 Å². The number of benzene rings is 8. The van der Waals surface area contributed by atoms with Crippen molar-refractivity contribution in [3.05, 3.63) is 167 Å². The fraction of sp³-hybridized carbons (Fsp3) is 0.258. The number of ether oxygens (including phenoxy) is 1. The average Bonchev–Trinajstić information content (AvgIpc) is 3.58. The third-order valence-corrected chi connectivity index (χ3v) is 15.9. The first-order valence-electron chi connectivity index (χ1n) is 25.0. The van der Waals surface area contributed by atoms with E-state index in [-0.39, 0.29) is 45.9 Å². The van der Waals surface area contributed by atoms with Gasteiger partial charge in [0, 0.05) is 67.0 Å². The highest BCUT2D eigenvalue weighted by Crippen LogP contribution is 2.55. The van der Waals surface area contributed by atoms with Crippen LogP contribution in [0.25, 0.3) is 108 Å². The molecule has 8 nitrogen and oxygen atoms in total. The summed E-state index contributed by atoms with van der Waals surface area (Å²) in [5, 5.41) is 15.5. The van der Waals surface area contributed by atoms with Gasteiger partial charge in [0.2, 0.25) is 0 Å². The summed E-state index contributed by atoms with van der Waals surface area (Å²) in [6, 6.07) is 34.8. The standard InChI is InChI=1S/C62H53N3O5/c1-30(2)34-12-9-13-35(31(3)4)56(34)64-59(66)44-22-18-40-38-16-11-17-39-41-19-23-45-51-47(62(69)65(60(45)67)57-36(32(5)6)14-10-15-37(57)33(7)8)25-21-43(49(41)51)55-53(39)52(38)54(58(55)63-26-28-70-29-27-63)42-20-24-46(61(64)68)50(44)48(40)42/h9-25,30-33H,26-29H2,1-8H3. The molecule has 13 rings (SSSR count). The van der Waals surface area contributed by atoms with Crippen LogP contribution in [0.15, 0.2) is 122 Å². The highest BCUT2D eigenvalue weighted by molar-refractivity contribution is 6.50. The van der Waals surface area contributed by atoms with Gasteiger partial charge in [-0.2, -0.15) is 0 Å². The Balaban J connectivity index is 1.20. The van der Waals surface area contributed by atoms with Crippen LogP contribution in [-0.2, 0) is 4.74 Å². The Labute approximate surface area is 403 Å². The van der Waals surface area contributed by atoms with Crippen LogP contribution in [0.3, 0.4) is 0 Å². The second-order valence-corrected chi connectivity index (χ2v) is 21.0. The Morgan fingerprint density at radius 3 is 0.957 bits per heavy atom. The number of nitrogens with zero attached hydrogens (tertiary/aromatic N) is 3. The molecule has 0 aliphatic carbocycles. The summed E-state index contributed by atoms with van der Waals surface area (Å²) in [7, 11) is 0. The van der Waals surface area contributed by atoms with E-state index in [1.807, 2.05) is 60.7 Å². The predicted octanol–water partition coefficient (Wildman–Crippen LogP) is 13.2. The minimum absolute atomic E-state index is 0.0854. The van der Waals surface area contributed by atoms with Gasteiger partial charge in [-0.3, -0.25) is 19.2 Å². The number of para-hydroxylation sites is 2. The van der Waals surface area contributed by atoms with Crippen LogP contribution in [0.5, 0.6) is 0 Å². The van der Waals surface area contributed by atoms with Crippen LogP contribution in [-0.4, -0.2) is 35.4 Å². The Hall–Kier alpha value is -7.42. The van der Waals surface area contributed by atoms with E-state index in [1.54, 1.807) is 0 Å². The predicted molar refractivity (Wildman–Crippen MR) is 292 cm³/mol. The van der Waals surface area contributed by atoms with Gasteiger partial charge in [0.15, 0.2) is 0 Å². The molecule has 1 fully saturated rings. The second kappa shape index (κ2) is 15.0. The maximum atomic E-state index is 15.2. The molecule has 70 heavy (non-hydrogen) atoms. The van der Waals surface area contributed by atoms with Gasteiger partial charge in [-0.15, -0.1) is 0 Å². The Kier molecular flexibility index (Phi) is 9.17. The fourth-order valence-corrected chi connectivity index (χ4v) is 12.8. The molecule has 2 aromatic heterocycles. The molecule has 0 amide bonds. The third kappa shape index (κ3) is 5.45. The molecule has 0 atom stereocenters. The minimum Gasteiger partial charge on any atom is -0.378 e. The zero-order valence-corrected chi connectivity index (χ0v) is 40.8. The molecular weight excluding hydrogens is 867 g/mol. The molecule has 1 aliphatic rings. The van der Waals surface area contributed by atoms with Crippen molar-refractivity contribution in [2.75, 3.05) is 31.2 Å². The SMILES string of the molecule is CC(C)c1cccc(C(C)C)c1-n1c(=O)c2ccc3c4cccc5c6ccc7c(=O)n(-c8c(C(C)C)cccc8C(C)C)c(=O)c8ccc(c9c(N%10CCOCC%10)c(c%10ccc(c1=O)c2c3%10)c4c59)c6c78. The molecule has 0 saturated carbocycles. The molecule has 3 heterocycles. The van der Waals surface area contributed by atoms with Crippen molar-refractivity contribution in [3.8, 4) is 11.4 Å². The number of rotatable bonds is 7. The molecule has 10 aromatic carbocycles. The molecular formula is C62H53N3O5. The normalized spacial score (nSPS) is 14.1. The first kappa shape index (κ1) is 42.7. The highest BCUT2D eigenvalue weighted by atomic mass is 16.5. The third-order valence-electron chi connectivity index (χ3n) is 15.9. The smallest absolute Gasteiger partial charge is 0.266 e. The quantitative estimate of drug-likeness (QED) is 0.148.